The van der Waals surface area contributed by atoms with E-state index in [9.17, 15) is 14.9 Å². The molecule has 2 aliphatic heterocycles. The summed E-state index contributed by atoms with van der Waals surface area (Å²) in [7, 11) is 1.95. The Labute approximate surface area is 238 Å². The number of nitrogens with zero attached hydrogens (tertiary/aromatic N) is 4. The summed E-state index contributed by atoms with van der Waals surface area (Å²) in [4.78, 5) is 31.3. The van der Waals surface area contributed by atoms with Crippen LogP contribution in [0, 0.1) is 10.1 Å². The monoisotopic (exact) mass is 548 g/mol. The number of amides is 1. The van der Waals surface area contributed by atoms with Crippen molar-refractivity contribution in [3.05, 3.63) is 106 Å². The van der Waals surface area contributed by atoms with E-state index in [1.165, 1.54) is 43.6 Å². The molecular formula is C32H32N6O3. The molecule has 0 aliphatic carbocycles. The number of rotatable bonds is 9. The van der Waals surface area contributed by atoms with Gasteiger partial charge in [-0.1, -0.05) is 24.3 Å². The van der Waals surface area contributed by atoms with Crippen molar-refractivity contribution in [2.45, 2.75) is 25.7 Å². The number of carbonyl (C=O) groups is 1. The fourth-order valence-electron chi connectivity index (χ4n) is 5.64. The van der Waals surface area contributed by atoms with Gasteiger partial charge in [-0.25, -0.2) is 4.98 Å². The van der Waals surface area contributed by atoms with Crippen LogP contribution in [0.4, 0.5) is 17.1 Å². The smallest absolute Gasteiger partial charge is 0.270 e. The highest BCUT2D eigenvalue weighted by molar-refractivity contribution is 6.37. The molecule has 3 heterocycles. The zero-order valence-corrected chi connectivity index (χ0v) is 23.0. The van der Waals surface area contributed by atoms with E-state index in [2.05, 4.69) is 32.7 Å². The van der Waals surface area contributed by atoms with Crippen LogP contribution in [-0.4, -0.2) is 44.9 Å². The van der Waals surface area contributed by atoms with Crippen molar-refractivity contribution in [3.63, 3.8) is 0 Å². The van der Waals surface area contributed by atoms with E-state index < -0.39 is 4.92 Å². The number of imidazole rings is 1. The molecule has 41 heavy (non-hydrogen) atoms. The van der Waals surface area contributed by atoms with Gasteiger partial charge in [-0.3, -0.25) is 14.9 Å². The first-order valence-electron chi connectivity index (χ1n) is 14.0. The van der Waals surface area contributed by atoms with E-state index >= 15 is 0 Å². The maximum Gasteiger partial charge on any atom is 0.270 e. The number of non-ortho nitro benzene ring substituents is 1. The molecule has 9 nitrogen and oxygen atoms in total. The van der Waals surface area contributed by atoms with Crippen LogP contribution in [0.1, 0.15) is 36.0 Å². The van der Waals surface area contributed by atoms with Gasteiger partial charge in [0.25, 0.3) is 11.6 Å². The number of hydrogen-bond acceptors (Lipinski definition) is 6. The molecule has 2 aliphatic rings. The van der Waals surface area contributed by atoms with E-state index in [0.29, 0.717) is 22.5 Å². The molecule has 0 radical (unpaired) electrons. The van der Waals surface area contributed by atoms with Crippen LogP contribution in [0.25, 0.3) is 22.7 Å². The summed E-state index contributed by atoms with van der Waals surface area (Å²) in [6.45, 7) is 3.51. The Morgan fingerprint density at radius 3 is 2.49 bits per heavy atom. The van der Waals surface area contributed by atoms with E-state index in [4.69, 9.17) is 0 Å². The average molecular weight is 549 g/mol. The standard InChI is InChI=1S/C32H32N6O3/c1-36-20-16-33-31(36)24-10-12-25(13-11-24)34-30(29-27-21-26(38(40)41)14-15-28(27)35-32(29)39)23-8-6-22(7-9-23)5-4-19-37-17-2-3-18-37/h6-16,20-21,34H,2-5,17-19H2,1H3,(H,35,39)/b30-29-. The highest BCUT2D eigenvalue weighted by Crippen LogP contribution is 2.39. The number of carbonyl (C=O) groups excluding carboxylic acids is 1. The highest BCUT2D eigenvalue weighted by atomic mass is 16.6. The van der Waals surface area contributed by atoms with Gasteiger partial charge in [-0.2, -0.15) is 0 Å². The first-order valence-corrected chi connectivity index (χ1v) is 14.0. The van der Waals surface area contributed by atoms with Crippen molar-refractivity contribution in [2.75, 3.05) is 30.3 Å². The van der Waals surface area contributed by atoms with E-state index in [0.717, 1.165) is 42.0 Å². The molecule has 1 fully saturated rings. The van der Waals surface area contributed by atoms with Gasteiger partial charge in [0.05, 0.1) is 16.2 Å². The van der Waals surface area contributed by atoms with Gasteiger partial charge < -0.3 is 20.1 Å². The zero-order valence-electron chi connectivity index (χ0n) is 23.0. The molecule has 0 atom stereocenters. The van der Waals surface area contributed by atoms with Crippen molar-refractivity contribution >= 4 is 34.2 Å². The predicted molar refractivity (Wildman–Crippen MR) is 161 cm³/mol. The summed E-state index contributed by atoms with van der Waals surface area (Å²) in [5.74, 6) is 0.550. The molecule has 9 heteroatoms. The number of fused-ring (bicyclic) bond motifs is 1. The summed E-state index contributed by atoms with van der Waals surface area (Å²) in [5.41, 5.74) is 5.78. The second kappa shape index (κ2) is 11.4. The summed E-state index contributed by atoms with van der Waals surface area (Å²) < 4.78 is 1.95. The fourth-order valence-corrected chi connectivity index (χ4v) is 5.64. The third-order valence-electron chi connectivity index (χ3n) is 7.82. The number of nitrogens with one attached hydrogen (secondary N) is 2. The lowest BCUT2D eigenvalue weighted by atomic mass is 9.98. The molecule has 2 N–H and O–H groups in total. The molecular weight excluding hydrogens is 516 g/mol. The number of benzene rings is 3. The lowest BCUT2D eigenvalue weighted by Gasteiger charge is -2.16. The third-order valence-corrected chi connectivity index (χ3v) is 7.82. The molecule has 6 rings (SSSR count). The summed E-state index contributed by atoms with van der Waals surface area (Å²) in [5, 5.41) is 17.9. The normalized spacial score (nSPS) is 16.0. The molecule has 208 valence electrons. The Morgan fingerprint density at radius 1 is 1.05 bits per heavy atom. The van der Waals surface area contributed by atoms with Crippen LogP contribution in [0.15, 0.2) is 79.1 Å². The number of likely N-dealkylation sites (tertiary alicyclic amines) is 1. The first kappa shape index (κ1) is 26.5. The number of anilines is 2. The van der Waals surface area contributed by atoms with Crippen LogP contribution in [-0.2, 0) is 18.3 Å². The SMILES string of the molecule is Cn1ccnc1-c1ccc(N/C(=C2\C(=O)Nc3ccc([N+](=O)[O-])cc32)c2ccc(CCCN3CCCC3)cc2)cc1. The predicted octanol–water partition coefficient (Wildman–Crippen LogP) is 5.96. The minimum absolute atomic E-state index is 0.0649. The Bertz CT molecular complexity index is 1620. The number of nitro benzene ring substituents is 1. The molecule has 3 aromatic carbocycles. The van der Waals surface area contributed by atoms with E-state index in [-0.39, 0.29) is 11.6 Å². The molecule has 0 unspecified atom stereocenters. The van der Waals surface area contributed by atoms with Crippen molar-refractivity contribution in [1.82, 2.24) is 14.5 Å². The lowest BCUT2D eigenvalue weighted by Crippen LogP contribution is -2.20. The second-order valence-electron chi connectivity index (χ2n) is 10.6. The summed E-state index contributed by atoms with van der Waals surface area (Å²) in [6, 6.07) is 20.5. The van der Waals surface area contributed by atoms with Crippen LogP contribution < -0.4 is 10.6 Å². The van der Waals surface area contributed by atoms with Crippen molar-refractivity contribution < 1.29 is 9.72 Å². The van der Waals surface area contributed by atoms with Gasteiger partial charge >= 0.3 is 0 Å². The maximum absolute atomic E-state index is 13.3. The van der Waals surface area contributed by atoms with Crippen LogP contribution in [0.2, 0.25) is 0 Å². The highest BCUT2D eigenvalue weighted by Gasteiger charge is 2.30. The van der Waals surface area contributed by atoms with Crippen molar-refractivity contribution in [2.24, 2.45) is 7.05 Å². The van der Waals surface area contributed by atoms with Crippen LogP contribution in [0.5, 0.6) is 0 Å². The Balaban J connectivity index is 1.33. The minimum atomic E-state index is -0.443. The Hall–Kier alpha value is -4.76. The van der Waals surface area contributed by atoms with E-state index in [1.807, 2.05) is 54.2 Å². The van der Waals surface area contributed by atoms with Crippen molar-refractivity contribution in [1.29, 1.82) is 0 Å². The van der Waals surface area contributed by atoms with Gasteiger partial charge in [-0.05, 0) is 86.8 Å². The number of nitro groups is 1. The molecule has 1 amide bonds. The van der Waals surface area contributed by atoms with Crippen molar-refractivity contribution in [3.8, 4) is 11.4 Å². The third kappa shape index (κ3) is 5.62. The summed E-state index contributed by atoms with van der Waals surface area (Å²) >= 11 is 0. The van der Waals surface area contributed by atoms with Gasteiger partial charge in [0.1, 0.15) is 5.82 Å². The molecule has 1 aromatic heterocycles. The molecule has 4 aromatic rings. The Morgan fingerprint density at radius 2 is 1.80 bits per heavy atom. The quantitative estimate of drug-likeness (QED) is 0.152. The molecule has 0 bridgehead atoms. The van der Waals surface area contributed by atoms with Gasteiger partial charge in [0.2, 0.25) is 0 Å². The van der Waals surface area contributed by atoms with Gasteiger partial charge in [0, 0.05) is 54.1 Å². The first-order chi connectivity index (χ1) is 20.0. The van der Waals surface area contributed by atoms with Gasteiger partial charge in [0.15, 0.2) is 0 Å². The number of aromatic nitrogens is 2. The lowest BCUT2D eigenvalue weighted by molar-refractivity contribution is -0.384. The Kier molecular flexibility index (Phi) is 7.35. The minimum Gasteiger partial charge on any atom is -0.354 e. The number of hydrogen-bond donors (Lipinski definition) is 2. The van der Waals surface area contributed by atoms with Crippen LogP contribution >= 0.6 is 0 Å². The topological polar surface area (TPSA) is 105 Å². The molecule has 0 saturated carbocycles. The summed E-state index contributed by atoms with van der Waals surface area (Å²) in [6.07, 6.45) is 8.34. The molecule has 0 spiro atoms. The fraction of sp³-hybridized carbons (Fsp3) is 0.250. The number of aryl methyl sites for hydroxylation is 2. The largest absolute Gasteiger partial charge is 0.354 e. The zero-order chi connectivity index (χ0) is 28.3. The average Bonchev–Trinajstić information content (AvgIpc) is 3.72. The molecule has 1 saturated heterocycles. The van der Waals surface area contributed by atoms with E-state index in [1.54, 1.807) is 12.3 Å². The van der Waals surface area contributed by atoms with Crippen LogP contribution in [0.3, 0.4) is 0 Å². The van der Waals surface area contributed by atoms with Gasteiger partial charge in [-0.15, -0.1) is 0 Å². The second-order valence-corrected chi connectivity index (χ2v) is 10.6. The maximum atomic E-state index is 13.3.